The SMILES string of the molecule is CCOc1ccc([C@H]2C(C(=O)OC(C)C)=C(C)N=c3s/c(=C/c4ccc(OCc5cccc(C(=O)O)c5)c(OC)c4)c(=O)n32)cc1. The highest BCUT2D eigenvalue weighted by molar-refractivity contribution is 7.07. The minimum atomic E-state index is -1.01. The van der Waals surface area contributed by atoms with Gasteiger partial charge >= 0.3 is 11.9 Å². The molecule has 1 aliphatic heterocycles. The number of ether oxygens (including phenoxy) is 4. The highest BCUT2D eigenvalue weighted by atomic mass is 32.1. The molecule has 0 spiro atoms. The topological polar surface area (TPSA) is 126 Å². The summed E-state index contributed by atoms with van der Waals surface area (Å²) in [4.78, 5) is 43.8. The predicted octanol–water partition coefficient (Wildman–Crippen LogP) is 4.87. The number of hydrogen-bond acceptors (Lipinski definition) is 9. The average Bonchev–Trinajstić information content (AvgIpc) is 3.33. The van der Waals surface area contributed by atoms with E-state index in [2.05, 4.69) is 4.99 Å². The van der Waals surface area contributed by atoms with Crippen LogP contribution in [-0.4, -0.2) is 41.4 Å². The zero-order valence-electron chi connectivity index (χ0n) is 26.1. The number of carbonyl (C=O) groups is 2. The van der Waals surface area contributed by atoms with Gasteiger partial charge < -0.3 is 24.1 Å². The molecule has 0 saturated carbocycles. The highest BCUT2D eigenvalue weighted by Crippen LogP contribution is 2.32. The van der Waals surface area contributed by atoms with Crippen LogP contribution < -0.4 is 29.1 Å². The maximum atomic E-state index is 14.0. The Hall–Kier alpha value is -5.16. The number of carboxylic acids is 1. The molecule has 1 N–H and O–H groups in total. The molecule has 2 heterocycles. The van der Waals surface area contributed by atoms with Crippen molar-refractivity contribution in [2.24, 2.45) is 4.99 Å². The maximum Gasteiger partial charge on any atom is 0.338 e. The van der Waals surface area contributed by atoms with Crippen LogP contribution in [0.1, 0.15) is 60.8 Å². The first-order chi connectivity index (χ1) is 22.1. The van der Waals surface area contributed by atoms with Crippen LogP contribution in [0.3, 0.4) is 0 Å². The fourth-order valence-corrected chi connectivity index (χ4v) is 6.14. The summed E-state index contributed by atoms with van der Waals surface area (Å²) in [6, 6.07) is 18.4. The van der Waals surface area contributed by atoms with E-state index in [1.165, 1.54) is 29.1 Å². The Kier molecular flexibility index (Phi) is 9.72. The Balaban J connectivity index is 1.52. The largest absolute Gasteiger partial charge is 0.494 e. The molecule has 0 saturated heterocycles. The van der Waals surface area contributed by atoms with Crippen molar-refractivity contribution < 1.29 is 33.6 Å². The minimum absolute atomic E-state index is 0.141. The zero-order chi connectivity index (χ0) is 33.0. The predicted molar refractivity (Wildman–Crippen MR) is 173 cm³/mol. The lowest BCUT2D eigenvalue weighted by Crippen LogP contribution is -2.40. The summed E-state index contributed by atoms with van der Waals surface area (Å²) < 4.78 is 24.6. The number of esters is 1. The molecule has 5 rings (SSSR count). The quantitative estimate of drug-likeness (QED) is 0.230. The van der Waals surface area contributed by atoms with Gasteiger partial charge in [-0.2, -0.15) is 0 Å². The summed E-state index contributed by atoms with van der Waals surface area (Å²) in [7, 11) is 1.52. The van der Waals surface area contributed by atoms with Gasteiger partial charge in [-0.25, -0.2) is 14.6 Å². The van der Waals surface area contributed by atoms with E-state index < -0.39 is 18.0 Å². The van der Waals surface area contributed by atoms with Crippen LogP contribution in [0.15, 0.2) is 87.8 Å². The Morgan fingerprint density at radius 3 is 2.48 bits per heavy atom. The first-order valence-electron chi connectivity index (χ1n) is 14.7. The van der Waals surface area contributed by atoms with E-state index in [-0.39, 0.29) is 23.8 Å². The number of benzene rings is 3. The molecule has 3 aromatic carbocycles. The van der Waals surface area contributed by atoms with Crippen molar-refractivity contribution in [1.29, 1.82) is 0 Å². The summed E-state index contributed by atoms with van der Waals surface area (Å²) in [6.07, 6.45) is 1.39. The molecular weight excluding hydrogens is 608 g/mol. The number of fused-ring (bicyclic) bond motifs is 1. The third-order valence-electron chi connectivity index (χ3n) is 7.14. The van der Waals surface area contributed by atoms with Gasteiger partial charge in [0.05, 0.1) is 47.2 Å². The van der Waals surface area contributed by atoms with Crippen molar-refractivity contribution in [2.45, 2.75) is 46.4 Å². The Labute approximate surface area is 269 Å². The first-order valence-corrected chi connectivity index (χ1v) is 15.5. The number of hydrogen-bond donors (Lipinski definition) is 1. The molecule has 10 nitrogen and oxygen atoms in total. The minimum Gasteiger partial charge on any atom is -0.494 e. The molecule has 0 unspecified atom stereocenters. The molecular formula is C35H34N2O8S. The normalized spacial score (nSPS) is 14.5. The van der Waals surface area contributed by atoms with Crippen LogP contribution in [0.2, 0.25) is 0 Å². The molecule has 1 atom stereocenters. The van der Waals surface area contributed by atoms with Crippen LogP contribution in [-0.2, 0) is 16.1 Å². The molecule has 0 aliphatic carbocycles. The van der Waals surface area contributed by atoms with Gasteiger partial charge in [-0.1, -0.05) is 41.7 Å². The highest BCUT2D eigenvalue weighted by Gasteiger charge is 2.33. The van der Waals surface area contributed by atoms with Gasteiger partial charge in [-0.05, 0) is 86.9 Å². The molecule has 1 aromatic heterocycles. The van der Waals surface area contributed by atoms with E-state index in [1.807, 2.05) is 31.2 Å². The Bertz CT molecular complexity index is 1990. The van der Waals surface area contributed by atoms with Gasteiger partial charge in [0.1, 0.15) is 12.4 Å². The lowest BCUT2D eigenvalue weighted by atomic mass is 9.96. The van der Waals surface area contributed by atoms with Gasteiger partial charge in [0, 0.05) is 0 Å². The molecule has 4 aromatic rings. The van der Waals surface area contributed by atoms with Gasteiger partial charge in [0.2, 0.25) is 0 Å². The zero-order valence-corrected chi connectivity index (χ0v) is 26.9. The molecule has 46 heavy (non-hydrogen) atoms. The lowest BCUT2D eigenvalue weighted by molar-refractivity contribution is -0.143. The van der Waals surface area contributed by atoms with Crippen molar-refractivity contribution in [3.05, 3.63) is 120 Å². The molecule has 0 amide bonds. The monoisotopic (exact) mass is 642 g/mol. The number of aromatic nitrogens is 1. The second kappa shape index (κ2) is 13.9. The number of rotatable bonds is 11. The van der Waals surface area contributed by atoms with Crippen molar-refractivity contribution in [2.75, 3.05) is 13.7 Å². The van der Waals surface area contributed by atoms with Crippen LogP contribution in [0.25, 0.3) is 6.08 Å². The van der Waals surface area contributed by atoms with Gasteiger partial charge in [0.25, 0.3) is 5.56 Å². The molecule has 238 valence electrons. The fraction of sp³-hybridized carbons (Fsp3) is 0.257. The summed E-state index contributed by atoms with van der Waals surface area (Å²) in [5, 5.41) is 9.26. The molecule has 11 heteroatoms. The second-order valence-corrected chi connectivity index (χ2v) is 11.8. The van der Waals surface area contributed by atoms with E-state index in [0.717, 1.165) is 5.56 Å². The number of aromatic carboxylic acids is 1. The first kappa shape index (κ1) is 32.2. The molecule has 0 radical (unpaired) electrons. The Morgan fingerprint density at radius 1 is 1.04 bits per heavy atom. The van der Waals surface area contributed by atoms with Crippen molar-refractivity contribution >= 4 is 29.4 Å². The number of carbonyl (C=O) groups excluding carboxylic acids is 1. The summed E-state index contributed by atoms with van der Waals surface area (Å²) in [6.45, 7) is 7.85. The van der Waals surface area contributed by atoms with E-state index in [9.17, 15) is 19.5 Å². The van der Waals surface area contributed by atoms with Crippen molar-refractivity contribution in [3.8, 4) is 17.2 Å². The van der Waals surface area contributed by atoms with E-state index in [0.29, 0.717) is 55.6 Å². The van der Waals surface area contributed by atoms with Crippen molar-refractivity contribution in [1.82, 2.24) is 4.57 Å². The lowest BCUT2D eigenvalue weighted by Gasteiger charge is -2.25. The van der Waals surface area contributed by atoms with E-state index >= 15 is 0 Å². The number of carboxylic acid groups (broad SMARTS) is 1. The van der Waals surface area contributed by atoms with E-state index in [4.69, 9.17) is 18.9 Å². The van der Waals surface area contributed by atoms with E-state index in [1.54, 1.807) is 63.2 Å². The second-order valence-electron chi connectivity index (χ2n) is 10.7. The number of thiazole rings is 1. The molecule has 0 bridgehead atoms. The maximum absolute atomic E-state index is 14.0. The summed E-state index contributed by atoms with van der Waals surface area (Å²) >= 11 is 1.22. The van der Waals surface area contributed by atoms with Gasteiger partial charge in [0.15, 0.2) is 16.3 Å². The number of allylic oxidation sites excluding steroid dienone is 1. The van der Waals surface area contributed by atoms with Crippen LogP contribution in [0.4, 0.5) is 0 Å². The van der Waals surface area contributed by atoms with Crippen LogP contribution >= 0.6 is 11.3 Å². The van der Waals surface area contributed by atoms with Gasteiger partial charge in [-0.3, -0.25) is 9.36 Å². The Morgan fingerprint density at radius 2 is 1.80 bits per heavy atom. The number of methoxy groups -OCH3 is 1. The standard InChI is InChI=1S/C35H34N2O8S/c1-6-43-26-13-11-24(12-14-26)31-30(34(41)45-20(2)3)21(4)36-35-37(31)32(38)29(46-35)18-22-10-15-27(28(17-22)42-5)44-19-23-8-7-9-25(16-23)33(39)40/h7-18,20,31H,6,19H2,1-5H3,(H,39,40)/b29-18+/t31-/m0/s1. The van der Waals surface area contributed by atoms with Crippen molar-refractivity contribution in [3.63, 3.8) is 0 Å². The van der Waals surface area contributed by atoms with Crippen LogP contribution in [0.5, 0.6) is 17.2 Å². The summed E-state index contributed by atoms with van der Waals surface area (Å²) in [5.41, 5.74) is 2.76. The summed E-state index contributed by atoms with van der Waals surface area (Å²) in [5.74, 6) is 0.0426. The van der Waals surface area contributed by atoms with Gasteiger partial charge in [-0.15, -0.1) is 0 Å². The van der Waals surface area contributed by atoms with Crippen LogP contribution in [0, 0.1) is 0 Å². The molecule has 1 aliphatic rings. The molecule has 0 fully saturated rings. The third kappa shape index (κ3) is 6.89. The number of nitrogens with zero attached hydrogens (tertiary/aromatic N) is 2. The third-order valence-corrected chi connectivity index (χ3v) is 8.13. The smallest absolute Gasteiger partial charge is 0.338 e. The average molecular weight is 643 g/mol. The fourth-order valence-electron chi connectivity index (χ4n) is 5.09.